The minimum Gasteiger partial charge on any atom is -0.126 e. The summed E-state index contributed by atoms with van der Waals surface area (Å²) in [7, 11) is 0. The van der Waals surface area contributed by atoms with Crippen LogP contribution in [0.25, 0.3) is 0 Å². The van der Waals surface area contributed by atoms with Gasteiger partial charge < -0.3 is 0 Å². The van der Waals surface area contributed by atoms with E-state index in [1.54, 1.807) is 0 Å². The molecule has 0 saturated heterocycles. The number of hydrogen-bond acceptors (Lipinski definition) is 0. The van der Waals surface area contributed by atoms with E-state index in [2.05, 4.69) is 12.1 Å². The van der Waals surface area contributed by atoms with Crippen molar-refractivity contribution in [3.8, 4) is 0 Å². The van der Waals surface area contributed by atoms with E-state index in [4.69, 9.17) is 23.2 Å². The maximum atomic E-state index is 6.26. The van der Waals surface area contributed by atoms with Gasteiger partial charge in [0, 0.05) is 10.9 Å². The molecule has 1 aromatic rings. The van der Waals surface area contributed by atoms with E-state index in [0.717, 1.165) is 10.9 Å². The third-order valence-corrected chi connectivity index (χ3v) is 4.90. The Hall–Kier alpha value is -0.200. The first-order valence-corrected chi connectivity index (χ1v) is 8.03. The highest BCUT2D eigenvalue weighted by atomic mass is 35.5. The molecule has 1 saturated carbocycles. The lowest BCUT2D eigenvalue weighted by Gasteiger charge is -2.24. The molecule has 2 heteroatoms. The predicted octanol–water partition coefficient (Wildman–Crippen LogP) is 6.02. The van der Waals surface area contributed by atoms with Crippen LogP contribution < -0.4 is 0 Å². The molecule has 0 spiro atoms. The zero-order valence-electron chi connectivity index (χ0n) is 10.9. The van der Waals surface area contributed by atoms with Gasteiger partial charge in [0.2, 0.25) is 0 Å². The number of alkyl halides is 1. The Labute approximate surface area is 121 Å². The summed E-state index contributed by atoms with van der Waals surface area (Å²) >= 11 is 12.4. The Balaban J connectivity index is 1.91. The van der Waals surface area contributed by atoms with Crippen molar-refractivity contribution in [3.63, 3.8) is 0 Å². The van der Waals surface area contributed by atoms with E-state index in [9.17, 15) is 0 Å². The topological polar surface area (TPSA) is 0 Å². The average Bonchev–Trinajstić information content (AvgIpc) is 2.42. The van der Waals surface area contributed by atoms with Crippen molar-refractivity contribution in [2.45, 2.75) is 50.9 Å². The molecule has 100 valence electrons. The third kappa shape index (κ3) is 3.90. The van der Waals surface area contributed by atoms with Gasteiger partial charge in [-0.15, -0.1) is 11.6 Å². The Morgan fingerprint density at radius 2 is 1.83 bits per heavy atom. The van der Waals surface area contributed by atoms with Crippen LogP contribution in [0.5, 0.6) is 0 Å². The van der Waals surface area contributed by atoms with Gasteiger partial charge in [0.15, 0.2) is 0 Å². The summed E-state index contributed by atoms with van der Waals surface area (Å²) in [4.78, 5) is 0. The van der Waals surface area contributed by atoms with E-state index in [1.165, 1.54) is 50.5 Å². The molecule has 0 N–H and O–H groups in total. The molecule has 0 nitrogen and oxygen atoms in total. The van der Waals surface area contributed by atoms with Crippen LogP contribution in [0.2, 0.25) is 5.02 Å². The first-order valence-electron chi connectivity index (χ1n) is 7.11. The van der Waals surface area contributed by atoms with Crippen molar-refractivity contribution in [1.29, 1.82) is 0 Å². The van der Waals surface area contributed by atoms with Gasteiger partial charge in [0.1, 0.15) is 0 Å². The van der Waals surface area contributed by atoms with Crippen molar-refractivity contribution in [1.82, 2.24) is 0 Å². The number of rotatable bonds is 5. The highest BCUT2D eigenvalue weighted by molar-refractivity contribution is 6.31. The lowest BCUT2D eigenvalue weighted by Crippen LogP contribution is -2.09. The summed E-state index contributed by atoms with van der Waals surface area (Å²) in [5.74, 6) is 2.02. The maximum absolute atomic E-state index is 6.26. The fraction of sp³-hybridized carbons (Fsp3) is 0.625. The monoisotopic (exact) mass is 284 g/mol. The molecule has 0 amide bonds. The van der Waals surface area contributed by atoms with Gasteiger partial charge in [-0.05, 0) is 36.3 Å². The molecule has 0 heterocycles. The Morgan fingerprint density at radius 1 is 1.11 bits per heavy atom. The molecule has 2 rings (SSSR count). The fourth-order valence-corrected chi connectivity index (χ4v) is 3.65. The summed E-state index contributed by atoms with van der Waals surface area (Å²) < 4.78 is 0. The van der Waals surface area contributed by atoms with Crippen molar-refractivity contribution in [2.24, 2.45) is 5.92 Å². The third-order valence-electron chi connectivity index (χ3n) is 4.18. The van der Waals surface area contributed by atoms with Gasteiger partial charge in [-0.1, -0.05) is 61.9 Å². The molecule has 0 aliphatic heterocycles. The second-order valence-corrected chi connectivity index (χ2v) is 6.17. The first kappa shape index (κ1) is 14.2. The predicted molar refractivity (Wildman–Crippen MR) is 80.7 cm³/mol. The molecule has 1 unspecified atom stereocenters. The minimum absolute atomic E-state index is 0.419. The average molecular weight is 285 g/mol. The first-order chi connectivity index (χ1) is 8.81. The lowest BCUT2D eigenvalue weighted by atomic mass is 9.83. The SMILES string of the molecule is ClCC(CCC1CCCCC1)c1ccccc1Cl. The number of halogens is 2. The van der Waals surface area contributed by atoms with Crippen LogP contribution in [0, 0.1) is 5.92 Å². The molecule has 1 aliphatic carbocycles. The second-order valence-electron chi connectivity index (χ2n) is 5.45. The van der Waals surface area contributed by atoms with Crippen molar-refractivity contribution in [2.75, 3.05) is 5.88 Å². The van der Waals surface area contributed by atoms with Gasteiger partial charge in [0.25, 0.3) is 0 Å². The Morgan fingerprint density at radius 3 is 2.50 bits per heavy atom. The Kier molecular flexibility index (Phi) is 5.85. The van der Waals surface area contributed by atoms with Gasteiger partial charge in [-0.3, -0.25) is 0 Å². The van der Waals surface area contributed by atoms with Crippen LogP contribution >= 0.6 is 23.2 Å². The van der Waals surface area contributed by atoms with E-state index in [0.29, 0.717) is 11.8 Å². The van der Waals surface area contributed by atoms with Gasteiger partial charge in [-0.2, -0.15) is 0 Å². The van der Waals surface area contributed by atoms with Crippen molar-refractivity contribution in [3.05, 3.63) is 34.9 Å². The maximum Gasteiger partial charge on any atom is 0.0441 e. The number of hydrogen-bond donors (Lipinski definition) is 0. The second kappa shape index (κ2) is 7.40. The minimum atomic E-state index is 0.419. The normalized spacial score (nSPS) is 18.8. The van der Waals surface area contributed by atoms with Crippen molar-refractivity contribution >= 4 is 23.2 Å². The molecule has 1 fully saturated rings. The summed E-state index contributed by atoms with van der Waals surface area (Å²) in [6.07, 6.45) is 9.58. The molecule has 18 heavy (non-hydrogen) atoms. The lowest BCUT2D eigenvalue weighted by molar-refractivity contribution is 0.326. The highest BCUT2D eigenvalue weighted by Gasteiger charge is 2.18. The van der Waals surface area contributed by atoms with E-state index >= 15 is 0 Å². The molecular weight excluding hydrogens is 263 g/mol. The molecule has 0 aromatic heterocycles. The van der Waals surface area contributed by atoms with Crippen LogP contribution in [0.3, 0.4) is 0 Å². The quantitative estimate of drug-likeness (QED) is 0.580. The highest BCUT2D eigenvalue weighted by Crippen LogP contribution is 2.33. The summed E-state index contributed by atoms with van der Waals surface area (Å²) in [5, 5.41) is 0.867. The van der Waals surface area contributed by atoms with Gasteiger partial charge in [-0.25, -0.2) is 0 Å². The van der Waals surface area contributed by atoms with Crippen LogP contribution in [0.4, 0.5) is 0 Å². The molecule has 0 bridgehead atoms. The molecule has 1 aliphatic rings. The molecular formula is C16H22Cl2. The van der Waals surface area contributed by atoms with Crippen LogP contribution in [-0.2, 0) is 0 Å². The summed E-state index contributed by atoms with van der Waals surface area (Å²) in [6.45, 7) is 0. The van der Waals surface area contributed by atoms with E-state index in [1.807, 2.05) is 12.1 Å². The zero-order chi connectivity index (χ0) is 12.8. The number of benzene rings is 1. The van der Waals surface area contributed by atoms with E-state index in [-0.39, 0.29) is 0 Å². The smallest absolute Gasteiger partial charge is 0.0441 e. The summed E-state index contributed by atoms with van der Waals surface area (Å²) in [5.41, 5.74) is 1.23. The van der Waals surface area contributed by atoms with E-state index < -0.39 is 0 Å². The van der Waals surface area contributed by atoms with Crippen molar-refractivity contribution < 1.29 is 0 Å². The van der Waals surface area contributed by atoms with Gasteiger partial charge >= 0.3 is 0 Å². The van der Waals surface area contributed by atoms with Gasteiger partial charge in [0.05, 0.1) is 0 Å². The molecule has 1 atom stereocenters. The largest absolute Gasteiger partial charge is 0.126 e. The molecule has 1 aromatic carbocycles. The Bertz CT molecular complexity index is 356. The zero-order valence-corrected chi connectivity index (χ0v) is 12.4. The van der Waals surface area contributed by atoms with Crippen LogP contribution in [-0.4, -0.2) is 5.88 Å². The fourth-order valence-electron chi connectivity index (χ4n) is 3.03. The summed E-state index contributed by atoms with van der Waals surface area (Å²) in [6, 6.07) is 8.13. The standard InChI is InChI=1S/C16H22Cl2/c17-12-14(15-8-4-5-9-16(15)18)11-10-13-6-2-1-3-7-13/h4-5,8-9,13-14H,1-3,6-7,10-12H2. The van der Waals surface area contributed by atoms with Crippen LogP contribution in [0.1, 0.15) is 56.4 Å². The van der Waals surface area contributed by atoms with Crippen LogP contribution in [0.15, 0.2) is 24.3 Å². The molecule has 0 radical (unpaired) electrons.